The Labute approximate surface area is 120 Å². The van der Waals surface area contributed by atoms with E-state index in [9.17, 15) is 0 Å². The summed E-state index contributed by atoms with van der Waals surface area (Å²) in [5.41, 5.74) is 3.61. The Bertz CT molecular complexity index is 484. The van der Waals surface area contributed by atoms with Gasteiger partial charge < -0.3 is 15.0 Å². The number of nitrogens with one attached hydrogen (secondary N) is 1. The van der Waals surface area contributed by atoms with Gasteiger partial charge >= 0.3 is 0 Å². The van der Waals surface area contributed by atoms with Gasteiger partial charge in [0, 0.05) is 26.1 Å². The predicted octanol–water partition coefficient (Wildman–Crippen LogP) is 2.64. The minimum Gasteiger partial charge on any atom is -0.378 e. The van der Waals surface area contributed by atoms with Crippen LogP contribution in [0.5, 0.6) is 0 Å². The Kier molecular flexibility index (Phi) is 4.21. The number of rotatable bonds is 2. The van der Waals surface area contributed by atoms with Gasteiger partial charge in [0.25, 0.3) is 0 Å². The van der Waals surface area contributed by atoms with Crippen molar-refractivity contribution >= 4 is 17.2 Å². The Morgan fingerprint density at radius 3 is 2.80 bits per heavy atom. The Morgan fingerprint density at radius 1 is 1.20 bits per heavy atom. The topological polar surface area (TPSA) is 36.9 Å². The van der Waals surface area contributed by atoms with Crippen LogP contribution in [0.2, 0.25) is 0 Å². The fourth-order valence-electron chi connectivity index (χ4n) is 2.82. The number of morpholine rings is 1. The Hall–Kier alpha value is -1.55. The summed E-state index contributed by atoms with van der Waals surface area (Å²) in [5, 5.41) is 3.43. The molecule has 2 aliphatic heterocycles. The molecule has 3 rings (SSSR count). The average Bonchev–Trinajstić information content (AvgIpc) is 2.51. The van der Waals surface area contributed by atoms with Gasteiger partial charge in [-0.05, 0) is 31.4 Å². The standard InChI is InChI=1S/C16H23N3O/c1-13-5-4-6-14(19-9-11-20-12-10-19)16(13)18-15-7-2-3-8-17-15/h4-6H,2-3,7-12H2,1H3,(H,17,18). The van der Waals surface area contributed by atoms with Crippen LogP contribution < -0.4 is 10.2 Å². The number of nitrogens with zero attached hydrogens (tertiary/aromatic N) is 2. The number of hydrogen-bond acceptors (Lipinski definition) is 3. The second kappa shape index (κ2) is 6.27. The zero-order valence-electron chi connectivity index (χ0n) is 12.2. The summed E-state index contributed by atoms with van der Waals surface area (Å²) < 4.78 is 5.45. The molecule has 20 heavy (non-hydrogen) atoms. The molecular formula is C16H23N3O. The molecule has 0 aliphatic carbocycles. The third-order valence-electron chi connectivity index (χ3n) is 3.98. The molecule has 2 heterocycles. The van der Waals surface area contributed by atoms with Crippen LogP contribution in [-0.4, -0.2) is 38.7 Å². The van der Waals surface area contributed by atoms with Gasteiger partial charge in [-0.2, -0.15) is 0 Å². The molecule has 2 saturated heterocycles. The highest BCUT2D eigenvalue weighted by molar-refractivity contribution is 5.88. The van der Waals surface area contributed by atoms with Crippen LogP contribution in [0.3, 0.4) is 0 Å². The van der Waals surface area contributed by atoms with Crippen molar-refractivity contribution in [3.05, 3.63) is 23.8 Å². The lowest BCUT2D eigenvalue weighted by atomic mass is 10.1. The number of para-hydroxylation sites is 1. The number of aryl methyl sites for hydroxylation is 1. The van der Waals surface area contributed by atoms with Crippen LogP contribution in [-0.2, 0) is 4.74 Å². The molecule has 1 N–H and O–H groups in total. The summed E-state index contributed by atoms with van der Waals surface area (Å²) in [6.07, 6.45) is 3.56. The SMILES string of the molecule is Cc1cccc(N2CCOCC2)c1/N=C1\CCCCN1. The minimum absolute atomic E-state index is 0.808. The fourth-order valence-corrected chi connectivity index (χ4v) is 2.82. The maximum Gasteiger partial charge on any atom is 0.102 e. The van der Waals surface area contributed by atoms with Crippen molar-refractivity contribution in [3.8, 4) is 0 Å². The average molecular weight is 273 g/mol. The summed E-state index contributed by atoms with van der Waals surface area (Å²) in [7, 11) is 0. The van der Waals surface area contributed by atoms with Crippen LogP contribution in [0, 0.1) is 6.92 Å². The minimum atomic E-state index is 0.808. The number of ether oxygens (including phenoxy) is 1. The molecule has 4 heteroatoms. The van der Waals surface area contributed by atoms with E-state index in [-0.39, 0.29) is 0 Å². The van der Waals surface area contributed by atoms with E-state index in [0.717, 1.165) is 50.8 Å². The molecule has 0 spiro atoms. The normalized spacial score (nSPS) is 21.9. The van der Waals surface area contributed by atoms with Crippen molar-refractivity contribution in [2.45, 2.75) is 26.2 Å². The lowest BCUT2D eigenvalue weighted by Gasteiger charge is -2.30. The highest BCUT2D eigenvalue weighted by atomic mass is 16.5. The van der Waals surface area contributed by atoms with E-state index in [2.05, 4.69) is 35.3 Å². The smallest absolute Gasteiger partial charge is 0.102 e. The summed E-state index contributed by atoms with van der Waals surface area (Å²) in [6, 6.07) is 6.45. The first-order valence-corrected chi connectivity index (χ1v) is 7.58. The van der Waals surface area contributed by atoms with E-state index in [0.29, 0.717) is 0 Å². The second-order valence-corrected chi connectivity index (χ2v) is 5.48. The first-order chi connectivity index (χ1) is 9.84. The van der Waals surface area contributed by atoms with Crippen LogP contribution >= 0.6 is 0 Å². The summed E-state index contributed by atoms with van der Waals surface area (Å²) >= 11 is 0. The van der Waals surface area contributed by atoms with E-state index in [1.807, 2.05) is 0 Å². The predicted molar refractivity (Wildman–Crippen MR) is 83.2 cm³/mol. The molecule has 0 saturated carbocycles. The quantitative estimate of drug-likeness (QED) is 0.900. The monoisotopic (exact) mass is 273 g/mol. The molecule has 1 aromatic carbocycles. The molecule has 2 aliphatic rings. The van der Waals surface area contributed by atoms with E-state index in [1.54, 1.807) is 0 Å². The summed E-state index contributed by atoms with van der Waals surface area (Å²) in [6.45, 7) is 6.72. The van der Waals surface area contributed by atoms with Crippen molar-refractivity contribution in [2.24, 2.45) is 4.99 Å². The second-order valence-electron chi connectivity index (χ2n) is 5.48. The largest absolute Gasteiger partial charge is 0.378 e. The molecule has 0 amide bonds. The van der Waals surface area contributed by atoms with Gasteiger partial charge in [0.15, 0.2) is 0 Å². The van der Waals surface area contributed by atoms with E-state index < -0.39 is 0 Å². The number of anilines is 1. The van der Waals surface area contributed by atoms with Gasteiger partial charge in [0.1, 0.15) is 5.84 Å². The first-order valence-electron chi connectivity index (χ1n) is 7.58. The highest BCUT2D eigenvalue weighted by Crippen LogP contribution is 2.33. The molecular weight excluding hydrogens is 250 g/mol. The number of benzene rings is 1. The van der Waals surface area contributed by atoms with Crippen molar-refractivity contribution in [2.75, 3.05) is 37.7 Å². The first kappa shape index (κ1) is 13.4. The maximum atomic E-state index is 5.45. The number of aliphatic imine (C=N–C) groups is 1. The summed E-state index contributed by atoms with van der Waals surface area (Å²) in [4.78, 5) is 7.30. The van der Waals surface area contributed by atoms with Gasteiger partial charge in [-0.25, -0.2) is 4.99 Å². The van der Waals surface area contributed by atoms with Crippen molar-refractivity contribution < 1.29 is 4.74 Å². The Balaban J connectivity index is 1.91. The van der Waals surface area contributed by atoms with Crippen molar-refractivity contribution in [1.82, 2.24) is 5.32 Å². The van der Waals surface area contributed by atoms with Gasteiger partial charge in [-0.3, -0.25) is 0 Å². The maximum absolute atomic E-state index is 5.45. The third kappa shape index (κ3) is 2.96. The third-order valence-corrected chi connectivity index (χ3v) is 3.98. The van der Waals surface area contributed by atoms with Gasteiger partial charge in [0.2, 0.25) is 0 Å². The van der Waals surface area contributed by atoms with Crippen LogP contribution in [0.4, 0.5) is 11.4 Å². The zero-order valence-corrected chi connectivity index (χ0v) is 12.2. The number of piperidine rings is 1. The lowest BCUT2D eigenvalue weighted by molar-refractivity contribution is 0.123. The summed E-state index contributed by atoms with van der Waals surface area (Å²) in [5.74, 6) is 1.14. The fraction of sp³-hybridized carbons (Fsp3) is 0.562. The molecule has 0 atom stereocenters. The number of hydrogen-bond donors (Lipinski definition) is 1. The molecule has 1 aromatic rings. The van der Waals surface area contributed by atoms with Gasteiger partial charge in [-0.1, -0.05) is 12.1 Å². The van der Waals surface area contributed by atoms with Crippen molar-refractivity contribution in [3.63, 3.8) is 0 Å². The molecule has 0 bridgehead atoms. The molecule has 0 aromatic heterocycles. The molecule has 2 fully saturated rings. The van der Waals surface area contributed by atoms with E-state index >= 15 is 0 Å². The molecule has 0 radical (unpaired) electrons. The zero-order chi connectivity index (χ0) is 13.8. The molecule has 108 valence electrons. The lowest BCUT2D eigenvalue weighted by Crippen LogP contribution is -2.36. The van der Waals surface area contributed by atoms with Crippen LogP contribution in [0.1, 0.15) is 24.8 Å². The molecule has 0 unspecified atom stereocenters. The van der Waals surface area contributed by atoms with Crippen LogP contribution in [0.15, 0.2) is 23.2 Å². The highest BCUT2D eigenvalue weighted by Gasteiger charge is 2.16. The Morgan fingerprint density at radius 2 is 2.05 bits per heavy atom. The van der Waals surface area contributed by atoms with E-state index in [4.69, 9.17) is 9.73 Å². The van der Waals surface area contributed by atoms with Gasteiger partial charge in [-0.15, -0.1) is 0 Å². The molecule has 4 nitrogen and oxygen atoms in total. The van der Waals surface area contributed by atoms with Crippen molar-refractivity contribution in [1.29, 1.82) is 0 Å². The van der Waals surface area contributed by atoms with Gasteiger partial charge in [0.05, 0.1) is 24.6 Å². The number of amidine groups is 1. The van der Waals surface area contributed by atoms with E-state index in [1.165, 1.54) is 24.1 Å². The van der Waals surface area contributed by atoms with Crippen LogP contribution in [0.25, 0.3) is 0 Å².